The maximum absolute atomic E-state index is 12.5. The lowest BCUT2D eigenvalue weighted by Gasteiger charge is -2.12. The van der Waals surface area contributed by atoms with Crippen LogP contribution in [0.4, 0.5) is 4.79 Å². The molecule has 1 heterocycles. The Kier molecular flexibility index (Phi) is 5.08. The fourth-order valence-electron chi connectivity index (χ4n) is 2.45. The lowest BCUT2D eigenvalue weighted by atomic mass is 10.1. The number of nitrogens with zero attached hydrogens (tertiary/aromatic N) is 1. The number of halogens is 2. The van der Waals surface area contributed by atoms with Crippen LogP contribution >= 0.6 is 35.0 Å². The number of phenolic OH excluding ortho intramolecular Hbond substituents is 1. The third-order valence-electron chi connectivity index (χ3n) is 3.63. The van der Waals surface area contributed by atoms with Gasteiger partial charge in [0.15, 0.2) is 5.75 Å². The maximum Gasteiger partial charge on any atom is 0.293 e. The molecule has 0 aliphatic carbocycles. The summed E-state index contributed by atoms with van der Waals surface area (Å²) in [6, 6.07) is 10.6. The Balaban J connectivity index is 1.86. The molecule has 1 N–H and O–H groups in total. The molecule has 25 heavy (non-hydrogen) atoms. The standard InChI is InChI=1S/C18H13Cl2NO3S/c1-10-3-2-4-11(5-10)9-21-17(23)15(25-18(21)24)8-12-6-13(19)16(22)14(20)7-12/h2-8,22H,9H2,1H3/b15-8-. The number of carbonyl (C=O) groups is 2. The zero-order valence-corrected chi connectivity index (χ0v) is 15.5. The van der Waals surface area contributed by atoms with Gasteiger partial charge in [-0.15, -0.1) is 0 Å². The first kappa shape index (κ1) is 17.9. The average Bonchev–Trinajstić information content (AvgIpc) is 2.80. The van der Waals surface area contributed by atoms with Gasteiger partial charge < -0.3 is 5.11 Å². The van der Waals surface area contributed by atoms with E-state index in [9.17, 15) is 14.7 Å². The van der Waals surface area contributed by atoms with Crippen molar-refractivity contribution in [2.24, 2.45) is 0 Å². The molecule has 1 aliphatic rings. The molecule has 0 spiro atoms. The SMILES string of the molecule is Cc1cccc(CN2C(=O)S/C(=C\c3cc(Cl)c(O)c(Cl)c3)C2=O)c1. The summed E-state index contributed by atoms with van der Waals surface area (Å²) in [5, 5.41) is 9.43. The van der Waals surface area contributed by atoms with Crippen molar-refractivity contribution in [1.29, 1.82) is 0 Å². The van der Waals surface area contributed by atoms with E-state index in [0.717, 1.165) is 22.9 Å². The van der Waals surface area contributed by atoms with Crippen molar-refractivity contribution < 1.29 is 14.7 Å². The van der Waals surface area contributed by atoms with Crippen LogP contribution in [-0.4, -0.2) is 21.2 Å². The van der Waals surface area contributed by atoms with Gasteiger partial charge in [-0.3, -0.25) is 14.5 Å². The number of aromatic hydroxyl groups is 1. The maximum atomic E-state index is 12.5. The van der Waals surface area contributed by atoms with Crippen LogP contribution in [-0.2, 0) is 11.3 Å². The van der Waals surface area contributed by atoms with Gasteiger partial charge in [0.05, 0.1) is 21.5 Å². The topological polar surface area (TPSA) is 57.6 Å². The first-order chi connectivity index (χ1) is 11.8. The third kappa shape index (κ3) is 3.84. The van der Waals surface area contributed by atoms with E-state index >= 15 is 0 Å². The summed E-state index contributed by atoms with van der Waals surface area (Å²) in [6.07, 6.45) is 1.54. The highest BCUT2D eigenvalue weighted by Crippen LogP contribution is 2.37. The number of hydrogen-bond donors (Lipinski definition) is 1. The van der Waals surface area contributed by atoms with Crippen LogP contribution in [0.1, 0.15) is 16.7 Å². The fraction of sp³-hybridized carbons (Fsp3) is 0.111. The quantitative estimate of drug-likeness (QED) is 0.723. The van der Waals surface area contributed by atoms with Crippen LogP contribution in [0.15, 0.2) is 41.3 Å². The number of phenols is 1. The van der Waals surface area contributed by atoms with E-state index in [4.69, 9.17) is 23.2 Å². The molecule has 128 valence electrons. The molecule has 0 atom stereocenters. The normalized spacial score (nSPS) is 16.1. The van der Waals surface area contributed by atoms with E-state index in [0.29, 0.717) is 5.56 Å². The summed E-state index contributed by atoms with van der Waals surface area (Å²) in [4.78, 5) is 26.2. The molecule has 2 aromatic rings. The van der Waals surface area contributed by atoms with Crippen molar-refractivity contribution in [1.82, 2.24) is 4.90 Å². The Bertz CT molecular complexity index is 888. The van der Waals surface area contributed by atoms with Gasteiger partial charge in [0.1, 0.15) is 0 Å². The monoisotopic (exact) mass is 393 g/mol. The molecule has 1 fully saturated rings. The highest BCUT2D eigenvalue weighted by Gasteiger charge is 2.35. The predicted molar refractivity (Wildman–Crippen MR) is 101 cm³/mol. The number of aryl methyl sites for hydroxylation is 1. The van der Waals surface area contributed by atoms with Gasteiger partial charge >= 0.3 is 0 Å². The van der Waals surface area contributed by atoms with Crippen molar-refractivity contribution in [2.45, 2.75) is 13.5 Å². The molecule has 3 rings (SSSR count). The minimum atomic E-state index is -0.364. The smallest absolute Gasteiger partial charge is 0.293 e. The predicted octanol–water partition coefficient (Wildman–Crippen LogP) is 5.24. The molecule has 0 saturated carbocycles. The highest BCUT2D eigenvalue weighted by atomic mass is 35.5. The van der Waals surface area contributed by atoms with Gasteiger partial charge in [-0.25, -0.2) is 0 Å². The van der Waals surface area contributed by atoms with Crippen LogP contribution in [0.2, 0.25) is 10.0 Å². The molecule has 4 nitrogen and oxygen atoms in total. The van der Waals surface area contributed by atoms with Gasteiger partial charge in [0.25, 0.3) is 11.1 Å². The number of amides is 2. The van der Waals surface area contributed by atoms with Crippen molar-refractivity contribution in [3.63, 3.8) is 0 Å². The first-order valence-corrected chi connectivity index (χ1v) is 8.91. The van der Waals surface area contributed by atoms with Gasteiger partial charge in [-0.1, -0.05) is 53.0 Å². The molecule has 1 aliphatic heterocycles. The Morgan fingerprint density at radius 2 is 1.84 bits per heavy atom. The lowest BCUT2D eigenvalue weighted by molar-refractivity contribution is -0.123. The van der Waals surface area contributed by atoms with E-state index in [2.05, 4.69) is 0 Å². The van der Waals surface area contributed by atoms with E-state index in [1.165, 1.54) is 17.0 Å². The fourth-order valence-corrected chi connectivity index (χ4v) is 3.79. The molecule has 0 bridgehead atoms. The van der Waals surface area contributed by atoms with Gasteiger partial charge in [-0.05, 0) is 48.0 Å². The lowest BCUT2D eigenvalue weighted by Crippen LogP contribution is -2.27. The summed E-state index contributed by atoms with van der Waals surface area (Å²) >= 11 is 12.6. The number of imide groups is 1. The number of benzene rings is 2. The minimum Gasteiger partial charge on any atom is -0.505 e. The Morgan fingerprint density at radius 3 is 2.48 bits per heavy atom. The number of hydrogen-bond acceptors (Lipinski definition) is 4. The van der Waals surface area contributed by atoms with Crippen molar-refractivity contribution in [2.75, 3.05) is 0 Å². The zero-order chi connectivity index (χ0) is 18.1. The Hall–Kier alpha value is -1.95. The zero-order valence-electron chi connectivity index (χ0n) is 13.1. The molecule has 2 aromatic carbocycles. The van der Waals surface area contributed by atoms with Crippen LogP contribution < -0.4 is 0 Å². The van der Waals surface area contributed by atoms with Crippen molar-refractivity contribution in [3.8, 4) is 5.75 Å². The third-order valence-corrected chi connectivity index (χ3v) is 5.12. The summed E-state index contributed by atoms with van der Waals surface area (Å²) in [5.74, 6) is -0.579. The highest BCUT2D eigenvalue weighted by molar-refractivity contribution is 8.18. The van der Waals surface area contributed by atoms with Crippen molar-refractivity contribution >= 4 is 52.2 Å². The van der Waals surface area contributed by atoms with Gasteiger partial charge in [0.2, 0.25) is 0 Å². The largest absolute Gasteiger partial charge is 0.505 e. The number of rotatable bonds is 3. The Morgan fingerprint density at radius 1 is 1.16 bits per heavy atom. The van der Waals surface area contributed by atoms with E-state index in [1.807, 2.05) is 31.2 Å². The van der Waals surface area contributed by atoms with Gasteiger partial charge in [-0.2, -0.15) is 0 Å². The van der Waals surface area contributed by atoms with E-state index in [1.54, 1.807) is 6.08 Å². The van der Waals surface area contributed by atoms with Crippen molar-refractivity contribution in [3.05, 3.63) is 68.0 Å². The molecule has 2 amide bonds. The minimum absolute atomic E-state index is 0.0812. The second-order valence-corrected chi connectivity index (χ2v) is 7.40. The summed E-state index contributed by atoms with van der Waals surface area (Å²) in [7, 11) is 0. The van der Waals surface area contributed by atoms with Crippen LogP contribution in [0.25, 0.3) is 6.08 Å². The van der Waals surface area contributed by atoms with Crippen LogP contribution in [0.3, 0.4) is 0 Å². The second kappa shape index (κ2) is 7.12. The van der Waals surface area contributed by atoms with E-state index in [-0.39, 0.29) is 38.4 Å². The Labute approximate surface area is 159 Å². The molecule has 7 heteroatoms. The summed E-state index contributed by atoms with van der Waals surface area (Å²) in [5.41, 5.74) is 2.49. The number of carbonyl (C=O) groups excluding carboxylic acids is 2. The van der Waals surface area contributed by atoms with E-state index < -0.39 is 0 Å². The molecule has 1 saturated heterocycles. The number of thioether (sulfide) groups is 1. The molecule has 0 aromatic heterocycles. The first-order valence-electron chi connectivity index (χ1n) is 7.34. The summed E-state index contributed by atoms with van der Waals surface area (Å²) in [6.45, 7) is 2.18. The molecule has 0 radical (unpaired) electrons. The van der Waals surface area contributed by atoms with Crippen LogP contribution in [0, 0.1) is 6.92 Å². The second-order valence-electron chi connectivity index (χ2n) is 5.59. The molecule has 0 unspecified atom stereocenters. The average molecular weight is 394 g/mol. The van der Waals surface area contributed by atoms with Crippen LogP contribution in [0.5, 0.6) is 5.75 Å². The van der Waals surface area contributed by atoms with Gasteiger partial charge in [0, 0.05) is 0 Å². The molecular formula is C18H13Cl2NO3S. The summed E-state index contributed by atoms with van der Waals surface area (Å²) < 4.78 is 0. The molecular weight excluding hydrogens is 381 g/mol.